The third kappa shape index (κ3) is 6.56. The third-order valence-electron chi connectivity index (χ3n) is 7.44. The van der Waals surface area contributed by atoms with Crippen LogP contribution < -0.4 is 4.74 Å². The number of hydrogen-bond donors (Lipinski definition) is 0. The first-order valence-electron chi connectivity index (χ1n) is 13.0. The zero-order valence-corrected chi connectivity index (χ0v) is 21.3. The summed E-state index contributed by atoms with van der Waals surface area (Å²) in [6, 6.07) is 5.21. The van der Waals surface area contributed by atoms with E-state index in [2.05, 4.69) is 11.7 Å². The normalized spacial score (nSPS) is 17.9. The Morgan fingerprint density at radius 3 is 1.92 bits per heavy atom. The van der Waals surface area contributed by atoms with Gasteiger partial charge in [-0.05, 0) is 47.9 Å². The van der Waals surface area contributed by atoms with Crippen molar-refractivity contribution in [1.82, 2.24) is 0 Å². The Balaban J connectivity index is 1.47. The minimum atomic E-state index is -4.41. The van der Waals surface area contributed by atoms with Gasteiger partial charge in [-0.25, -0.2) is 26.3 Å². The quantitative estimate of drug-likeness (QED) is 0.188. The van der Waals surface area contributed by atoms with Gasteiger partial charge >= 0.3 is 6.11 Å². The van der Waals surface area contributed by atoms with Gasteiger partial charge in [-0.15, -0.1) is 0 Å². The van der Waals surface area contributed by atoms with E-state index in [4.69, 9.17) is 0 Å². The van der Waals surface area contributed by atoms with Crippen LogP contribution in [-0.2, 0) is 12.5 Å². The summed E-state index contributed by atoms with van der Waals surface area (Å²) >= 11 is 0. The maximum Gasteiger partial charge on any atom is 0.429 e. The lowest BCUT2D eigenvalue weighted by Gasteiger charge is -2.28. The van der Waals surface area contributed by atoms with Gasteiger partial charge < -0.3 is 4.74 Å². The molecular formula is C30H28F8O. The first-order chi connectivity index (χ1) is 18.5. The summed E-state index contributed by atoms with van der Waals surface area (Å²) in [6.45, 7) is 2.17. The second-order valence-electron chi connectivity index (χ2n) is 10.1. The summed E-state index contributed by atoms with van der Waals surface area (Å²) in [5, 5.41) is 0. The fraction of sp³-hybridized carbons (Fsp3) is 0.400. The number of rotatable bonds is 9. The smallest absolute Gasteiger partial charge is 0.429 e. The molecule has 210 valence electrons. The Bertz CT molecular complexity index is 1290. The van der Waals surface area contributed by atoms with Crippen LogP contribution in [0.3, 0.4) is 0 Å². The van der Waals surface area contributed by atoms with Crippen LogP contribution in [0.4, 0.5) is 35.1 Å². The minimum absolute atomic E-state index is 0.190. The Labute approximate surface area is 221 Å². The zero-order valence-electron chi connectivity index (χ0n) is 21.3. The number of benzene rings is 3. The molecule has 3 aromatic rings. The van der Waals surface area contributed by atoms with Crippen molar-refractivity contribution >= 4 is 0 Å². The van der Waals surface area contributed by atoms with Crippen molar-refractivity contribution in [3.8, 4) is 16.9 Å². The van der Waals surface area contributed by atoms with Crippen molar-refractivity contribution in [2.45, 2.75) is 64.4 Å². The van der Waals surface area contributed by atoms with Gasteiger partial charge in [0.25, 0.3) is 0 Å². The van der Waals surface area contributed by atoms with Gasteiger partial charge in [0.15, 0.2) is 29.1 Å². The highest BCUT2D eigenvalue weighted by Crippen LogP contribution is 2.37. The standard InChI is InChI=1S/C30H28F8O/c1-2-3-17-4-6-18(7-5-17)8-9-19-10-12-22(28(35)27(19)34)20-11-13-23(24(31)14-20)30(37,38)39-21-15-25(32)29(36)26(33)16-21/h10-18H,2-9H2,1H3. The molecule has 1 saturated carbocycles. The van der Waals surface area contributed by atoms with Crippen LogP contribution in [-0.4, -0.2) is 0 Å². The van der Waals surface area contributed by atoms with Crippen LogP contribution in [0, 0.1) is 46.7 Å². The van der Waals surface area contributed by atoms with Crippen LogP contribution in [0.1, 0.15) is 63.0 Å². The number of hydrogen-bond acceptors (Lipinski definition) is 1. The molecule has 0 unspecified atom stereocenters. The van der Waals surface area contributed by atoms with Crippen LogP contribution in [0.15, 0.2) is 42.5 Å². The lowest BCUT2D eigenvalue weighted by atomic mass is 9.78. The number of alkyl halides is 2. The number of ether oxygens (including phenoxy) is 1. The van der Waals surface area contributed by atoms with Crippen LogP contribution in [0.25, 0.3) is 11.1 Å². The van der Waals surface area contributed by atoms with Crippen molar-refractivity contribution in [3.63, 3.8) is 0 Å². The summed E-state index contributed by atoms with van der Waals surface area (Å²) in [6.07, 6.45) is 3.48. The molecule has 39 heavy (non-hydrogen) atoms. The van der Waals surface area contributed by atoms with E-state index in [9.17, 15) is 35.1 Å². The molecule has 1 fully saturated rings. The molecule has 0 atom stereocenters. The van der Waals surface area contributed by atoms with Crippen molar-refractivity contribution < 1.29 is 39.9 Å². The highest BCUT2D eigenvalue weighted by atomic mass is 19.3. The predicted octanol–water partition coefficient (Wildman–Crippen LogP) is 9.86. The molecule has 0 N–H and O–H groups in total. The molecule has 0 aliphatic heterocycles. The molecule has 4 rings (SSSR count). The van der Waals surface area contributed by atoms with E-state index in [0.29, 0.717) is 24.5 Å². The average molecular weight is 557 g/mol. The molecule has 0 heterocycles. The van der Waals surface area contributed by atoms with E-state index >= 15 is 0 Å². The number of aryl methyl sites for hydroxylation is 1. The molecule has 1 aliphatic rings. The molecule has 3 aromatic carbocycles. The van der Waals surface area contributed by atoms with Crippen LogP contribution in [0.5, 0.6) is 5.75 Å². The number of halogens is 8. The highest BCUT2D eigenvalue weighted by molar-refractivity contribution is 5.65. The van der Waals surface area contributed by atoms with E-state index in [1.807, 2.05) is 0 Å². The van der Waals surface area contributed by atoms with E-state index in [1.54, 1.807) is 0 Å². The Morgan fingerprint density at radius 2 is 1.33 bits per heavy atom. The molecule has 0 spiro atoms. The molecule has 9 heteroatoms. The van der Waals surface area contributed by atoms with Gasteiger partial charge in [0.1, 0.15) is 11.6 Å². The Morgan fingerprint density at radius 1 is 0.718 bits per heavy atom. The molecule has 1 nitrogen and oxygen atoms in total. The van der Waals surface area contributed by atoms with Gasteiger partial charge in [-0.3, -0.25) is 0 Å². The van der Waals surface area contributed by atoms with Crippen LogP contribution in [0.2, 0.25) is 0 Å². The summed E-state index contributed by atoms with van der Waals surface area (Å²) in [5.74, 6) is -9.09. The SMILES string of the molecule is CCCC1CCC(CCc2ccc(-c3ccc(C(F)(F)Oc4cc(F)c(F)c(F)c4)c(F)c3)c(F)c2F)CC1. The second-order valence-corrected chi connectivity index (χ2v) is 10.1. The lowest BCUT2D eigenvalue weighted by molar-refractivity contribution is -0.187. The fourth-order valence-electron chi connectivity index (χ4n) is 5.30. The van der Waals surface area contributed by atoms with E-state index < -0.39 is 52.3 Å². The fourth-order valence-corrected chi connectivity index (χ4v) is 5.30. The molecule has 0 amide bonds. The molecular weight excluding hydrogens is 528 g/mol. The van der Waals surface area contributed by atoms with Gasteiger partial charge in [-0.1, -0.05) is 63.6 Å². The molecule has 1 aliphatic carbocycles. The summed E-state index contributed by atoms with van der Waals surface area (Å²) in [5.41, 5.74) is -1.62. The maximum absolute atomic E-state index is 14.9. The highest BCUT2D eigenvalue weighted by Gasteiger charge is 2.38. The average Bonchev–Trinajstić information content (AvgIpc) is 2.88. The largest absolute Gasteiger partial charge is 0.429 e. The molecule has 0 bridgehead atoms. The zero-order chi connectivity index (χ0) is 28.3. The van der Waals surface area contributed by atoms with Gasteiger partial charge in [0.05, 0.1) is 5.56 Å². The molecule has 0 saturated heterocycles. The summed E-state index contributed by atoms with van der Waals surface area (Å²) < 4.78 is 118. The van der Waals surface area contributed by atoms with Crippen LogP contribution >= 0.6 is 0 Å². The second kappa shape index (κ2) is 12.0. The molecule has 0 radical (unpaired) electrons. The Hall–Kier alpha value is -3.10. The van der Waals surface area contributed by atoms with Gasteiger partial charge in [-0.2, -0.15) is 8.78 Å². The first-order valence-corrected chi connectivity index (χ1v) is 13.0. The summed E-state index contributed by atoms with van der Waals surface area (Å²) in [4.78, 5) is 0. The minimum Gasteiger partial charge on any atom is -0.429 e. The third-order valence-corrected chi connectivity index (χ3v) is 7.44. The van der Waals surface area contributed by atoms with Crippen molar-refractivity contribution in [2.24, 2.45) is 11.8 Å². The van der Waals surface area contributed by atoms with Crippen molar-refractivity contribution in [3.05, 3.63) is 88.5 Å². The maximum atomic E-state index is 14.9. The summed E-state index contributed by atoms with van der Waals surface area (Å²) in [7, 11) is 0. The van der Waals surface area contributed by atoms with E-state index in [0.717, 1.165) is 50.5 Å². The van der Waals surface area contributed by atoms with E-state index in [-0.39, 0.29) is 28.8 Å². The van der Waals surface area contributed by atoms with Crippen molar-refractivity contribution in [2.75, 3.05) is 0 Å². The predicted molar refractivity (Wildman–Crippen MR) is 131 cm³/mol. The Kier molecular flexibility index (Phi) is 8.86. The van der Waals surface area contributed by atoms with Crippen molar-refractivity contribution in [1.29, 1.82) is 0 Å². The topological polar surface area (TPSA) is 9.23 Å². The van der Waals surface area contributed by atoms with Gasteiger partial charge in [0.2, 0.25) is 0 Å². The molecule has 0 aromatic heterocycles. The van der Waals surface area contributed by atoms with E-state index in [1.165, 1.54) is 18.6 Å². The first kappa shape index (κ1) is 28.9. The monoisotopic (exact) mass is 556 g/mol. The lowest BCUT2D eigenvalue weighted by Crippen LogP contribution is -2.23. The van der Waals surface area contributed by atoms with Gasteiger partial charge in [0, 0.05) is 17.7 Å².